The Morgan fingerprint density at radius 2 is 1.68 bits per heavy atom. The number of anilines is 1. The van der Waals surface area contributed by atoms with Crippen LogP contribution in [0.3, 0.4) is 0 Å². The fourth-order valence-corrected chi connectivity index (χ4v) is 10.3. The highest BCUT2D eigenvalue weighted by atomic mass is 35.5. The van der Waals surface area contributed by atoms with Gasteiger partial charge < -0.3 is 19.9 Å². The molecule has 5 heterocycles. The third-order valence-corrected chi connectivity index (χ3v) is 13.8. The number of aromatic nitrogens is 3. The number of hydrogen-bond acceptors (Lipinski definition) is 10. The minimum absolute atomic E-state index is 0.0307. The second-order valence-corrected chi connectivity index (χ2v) is 17.8. The Hall–Kier alpha value is -5.33. The van der Waals surface area contributed by atoms with Crippen molar-refractivity contribution < 1.29 is 28.7 Å². The van der Waals surface area contributed by atoms with Gasteiger partial charge in [-0.1, -0.05) is 17.7 Å². The summed E-state index contributed by atoms with van der Waals surface area (Å²) in [5, 5.41) is 10.4. The van der Waals surface area contributed by atoms with Crippen LogP contribution >= 0.6 is 11.6 Å². The van der Waals surface area contributed by atoms with E-state index in [1.54, 1.807) is 36.7 Å². The number of nitrogens with zero attached hydrogens (tertiary/aromatic N) is 7. The predicted octanol–water partition coefficient (Wildman–Crippen LogP) is 5.34. The molecule has 2 N–H and O–H groups in total. The Bertz CT molecular complexity index is 2210. The van der Waals surface area contributed by atoms with Crippen LogP contribution < -0.4 is 20.3 Å². The zero-order valence-corrected chi connectivity index (χ0v) is 33.7. The molecule has 2 aromatic carbocycles. The summed E-state index contributed by atoms with van der Waals surface area (Å²) in [5.74, 6) is -0.679. The number of hydrogen-bond donors (Lipinski definition) is 2. The van der Waals surface area contributed by atoms with Crippen molar-refractivity contribution >= 4 is 52.5 Å². The molecule has 2 saturated carbocycles. The lowest BCUT2D eigenvalue weighted by Crippen LogP contribution is -2.60. The summed E-state index contributed by atoms with van der Waals surface area (Å²) in [6, 6.07) is 9.82. The zero-order chi connectivity index (χ0) is 40.8. The van der Waals surface area contributed by atoms with E-state index in [9.17, 15) is 24.0 Å². The van der Waals surface area contributed by atoms with Gasteiger partial charge in [-0.05, 0) is 120 Å². The van der Waals surface area contributed by atoms with Crippen molar-refractivity contribution in [1.82, 2.24) is 35.2 Å². The first-order valence-electron chi connectivity index (χ1n) is 20.9. The van der Waals surface area contributed by atoms with E-state index in [-0.39, 0.29) is 54.1 Å². The van der Waals surface area contributed by atoms with Crippen molar-refractivity contribution in [1.29, 1.82) is 0 Å². The van der Waals surface area contributed by atoms with E-state index in [4.69, 9.17) is 22.9 Å². The largest absolute Gasteiger partial charge is 0.490 e. The number of likely N-dealkylation sites (tertiary alicyclic amines) is 1. The van der Waals surface area contributed by atoms with Crippen molar-refractivity contribution in [3.05, 3.63) is 76.1 Å². The van der Waals surface area contributed by atoms with Gasteiger partial charge in [0.25, 0.3) is 17.7 Å². The summed E-state index contributed by atoms with van der Waals surface area (Å²) >= 11 is 6.16. The van der Waals surface area contributed by atoms with Crippen LogP contribution in [0, 0.1) is 17.9 Å². The molecule has 1 spiro atoms. The van der Waals surface area contributed by atoms with Gasteiger partial charge in [0.05, 0.1) is 34.9 Å². The molecule has 1 aromatic heterocycles. The fourth-order valence-electron chi connectivity index (χ4n) is 10.1. The van der Waals surface area contributed by atoms with Crippen LogP contribution in [-0.4, -0.2) is 105 Å². The van der Waals surface area contributed by atoms with Crippen LogP contribution in [0.2, 0.25) is 5.02 Å². The molecule has 4 aliphatic heterocycles. The average molecular weight is 822 g/mol. The summed E-state index contributed by atoms with van der Waals surface area (Å²) in [4.78, 5) is 77.3. The number of benzene rings is 2. The van der Waals surface area contributed by atoms with Gasteiger partial charge in [0, 0.05) is 43.2 Å². The predicted molar refractivity (Wildman–Crippen MR) is 216 cm³/mol. The minimum atomic E-state index is -0.965. The molecule has 0 radical (unpaired) electrons. The van der Waals surface area contributed by atoms with E-state index in [0.717, 1.165) is 108 Å². The first-order chi connectivity index (χ1) is 28.5. The lowest BCUT2D eigenvalue weighted by Gasteiger charge is -2.55. The van der Waals surface area contributed by atoms with E-state index >= 15 is 0 Å². The summed E-state index contributed by atoms with van der Waals surface area (Å²) in [6.07, 6.45) is 11.7. The number of nitrogens with one attached hydrogen (secondary N) is 2. The Kier molecular flexibility index (Phi) is 10.6. The third-order valence-electron chi connectivity index (χ3n) is 13.5. The van der Waals surface area contributed by atoms with Crippen molar-refractivity contribution in [3.63, 3.8) is 0 Å². The molecule has 6 aliphatic rings. The van der Waals surface area contributed by atoms with E-state index in [1.165, 1.54) is 0 Å². The molecule has 2 aliphatic carbocycles. The molecular formula is C43H48ClN9O6. The van der Waals surface area contributed by atoms with Crippen LogP contribution in [0.15, 0.2) is 42.7 Å². The standard InChI is InChI=1S/C43H48ClN9O6/c1-45-35-13-11-31(21-34(35)44)59-30-9-4-27(5-10-30)47-40(56)38-46-25-52(49-38)28-6-2-26(3-7-28)22-50-18-16-43(17-19-50)23-51(24-43)29-8-12-32-33(20-29)42(58)53(41(32)57)36-14-15-37(54)48-39(36)55/h8,11-13,20-21,25-28,30,36H,2-7,9-10,14-19,22-24H2,(H,47,56)(H,48,54,55). The van der Waals surface area contributed by atoms with Crippen molar-refractivity contribution in [2.45, 2.75) is 101 Å². The maximum absolute atomic E-state index is 13.3. The van der Waals surface area contributed by atoms with Gasteiger partial charge in [0.1, 0.15) is 18.1 Å². The smallest absolute Gasteiger partial charge is 0.291 e. The number of halogens is 1. The molecular weight excluding hydrogens is 774 g/mol. The third kappa shape index (κ3) is 7.92. The van der Waals surface area contributed by atoms with Crippen LogP contribution in [0.4, 0.5) is 11.4 Å². The fraction of sp³-hybridized carbons (Fsp3) is 0.535. The van der Waals surface area contributed by atoms with Gasteiger partial charge in [0.15, 0.2) is 0 Å². The molecule has 15 nitrogen and oxygen atoms in total. The summed E-state index contributed by atoms with van der Waals surface area (Å²) < 4.78 is 7.98. The highest BCUT2D eigenvalue weighted by molar-refractivity contribution is 6.33. The van der Waals surface area contributed by atoms with E-state index < -0.39 is 23.8 Å². The second-order valence-electron chi connectivity index (χ2n) is 17.3. The molecule has 16 heteroatoms. The number of rotatable bonds is 9. The van der Waals surface area contributed by atoms with Gasteiger partial charge in [0.2, 0.25) is 23.3 Å². The molecule has 9 rings (SSSR count). The Morgan fingerprint density at radius 1 is 0.932 bits per heavy atom. The molecule has 3 saturated heterocycles. The van der Waals surface area contributed by atoms with Gasteiger partial charge in [-0.15, -0.1) is 5.10 Å². The molecule has 308 valence electrons. The van der Waals surface area contributed by atoms with Crippen molar-refractivity contribution in [2.75, 3.05) is 37.6 Å². The lowest BCUT2D eigenvalue weighted by atomic mass is 9.71. The molecule has 3 aromatic rings. The average Bonchev–Trinajstić information content (AvgIpc) is 3.81. The summed E-state index contributed by atoms with van der Waals surface area (Å²) in [6.45, 7) is 12.2. The highest BCUT2D eigenvalue weighted by Gasteiger charge is 2.47. The van der Waals surface area contributed by atoms with Gasteiger partial charge in [-0.25, -0.2) is 14.5 Å². The summed E-state index contributed by atoms with van der Waals surface area (Å²) in [7, 11) is 0. The highest BCUT2D eigenvalue weighted by Crippen LogP contribution is 2.44. The quantitative estimate of drug-likeness (QED) is 0.213. The Balaban J connectivity index is 0.687. The normalized spacial score (nSPS) is 26.9. The molecule has 1 atom stereocenters. The summed E-state index contributed by atoms with van der Waals surface area (Å²) in [5.41, 5.74) is 2.20. The van der Waals surface area contributed by atoms with E-state index in [2.05, 4.69) is 35.4 Å². The molecule has 1 unspecified atom stereocenters. The maximum atomic E-state index is 13.3. The Morgan fingerprint density at radius 3 is 2.39 bits per heavy atom. The lowest BCUT2D eigenvalue weighted by molar-refractivity contribution is -0.136. The van der Waals surface area contributed by atoms with E-state index in [0.29, 0.717) is 33.5 Å². The number of ether oxygens (including phenoxy) is 1. The van der Waals surface area contributed by atoms with Gasteiger partial charge >= 0.3 is 0 Å². The van der Waals surface area contributed by atoms with Gasteiger partial charge in [-0.2, -0.15) is 0 Å². The molecule has 5 fully saturated rings. The number of carbonyl (C=O) groups is 5. The number of piperidine rings is 2. The van der Waals surface area contributed by atoms with E-state index in [1.807, 2.05) is 10.7 Å². The number of amides is 5. The first-order valence-corrected chi connectivity index (χ1v) is 21.3. The minimum Gasteiger partial charge on any atom is -0.490 e. The van der Waals surface area contributed by atoms with Crippen molar-refractivity contribution in [2.24, 2.45) is 11.3 Å². The Labute approximate surface area is 347 Å². The second kappa shape index (κ2) is 16.0. The van der Waals surface area contributed by atoms with Crippen molar-refractivity contribution in [3.8, 4) is 5.75 Å². The molecule has 0 bridgehead atoms. The topological polar surface area (TPSA) is 163 Å². The van der Waals surface area contributed by atoms with Crippen LogP contribution in [-0.2, 0) is 9.59 Å². The van der Waals surface area contributed by atoms with Crippen LogP contribution in [0.25, 0.3) is 4.85 Å². The maximum Gasteiger partial charge on any atom is 0.291 e. The number of fused-ring (bicyclic) bond motifs is 1. The molecule has 5 amide bonds. The zero-order valence-electron chi connectivity index (χ0n) is 32.9. The first kappa shape index (κ1) is 39.1. The molecule has 59 heavy (non-hydrogen) atoms. The van der Waals surface area contributed by atoms with Crippen LogP contribution in [0.5, 0.6) is 5.75 Å². The SMILES string of the molecule is [C-]#[N+]c1ccc(OC2CCC(NC(=O)c3ncn(C4CCC(CN5CCC6(CC5)CN(c5ccc7c(c5)C(=O)N(C5CCC(=O)NC5=O)C7=O)C6)CC4)n3)CC2)cc1Cl. The number of carbonyl (C=O) groups excluding carboxylic acids is 5. The van der Waals surface area contributed by atoms with Gasteiger partial charge in [-0.3, -0.25) is 34.2 Å². The monoisotopic (exact) mass is 821 g/mol. The number of imide groups is 2. The van der Waals surface area contributed by atoms with Crippen LogP contribution in [0.1, 0.15) is 114 Å².